The van der Waals surface area contributed by atoms with E-state index in [0.29, 0.717) is 24.4 Å². The minimum absolute atomic E-state index is 0.216. The normalized spacial score (nSPS) is 13.1. The van der Waals surface area contributed by atoms with E-state index >= 15 is 0 Å². The van der Waals surface area contributed by atoms with E-state index in [2.05, 4.69) is 21.5 Å². The molecule has 1 aromatic heterocycles. The number of hydrazone groups is 1. The second-order valence-corrected chi connectivity index (χ2v) is 6.16. The van der Waals surface area contributed by atoms with Crippen LogP contribution in [0.3, 0.4) is 0 Å². The molecule has 136 valence electrons. The summed E-state index contributed by atoms with van der Waals surface area (Å²) in [4.78, 5) is 16.8. The Bertz CT molecular complexity index is 863. The first-order chi connectivity index (χ1) is 12.4. The monoisotopic (exact) mass is 354 g/mol. The molecule has 0 fully saturated rings. The summed E-state index contributed by atoms with van der Waals surface area (Å²) in [6, 6.07) is 9.29. The number of carbonyl (C=O) groups is 1. The van der Waals surface area contributed by atoms with E-state index < -0.39 is 0 Å². The van der Waals surface area contributed by atoms with Gasteiger partial charge in [-0.1, -0.05) is 12.1 Å². The fraction of sp³-hybridized carbons (Fsp3) is 0.278. The number of aryl methyl sites for hydroxylation is 1. The molecule has 0 saturated heterocycles. The predicted molar refractivity (Wildman–Crippen MR) is 98.5 cm³/mol. The van der Waals surface area contributed by atoms with Crippen LogP contribution in [0.4, 0.5) is 0 Å². The van der Waals surface area contributed by atoms with Gasteiger partial charge in [0.15, 0.2) is 5.84 Å². The third-order valence-corrected chi connectivity index (χ3v) is 3.95. The average molecular weight is 354 g/mol. The van der Waals surface area contributed by atoms with Gasteiger partial charge < -0.3 is 15.8 Å². The largest absolute Gasteiger partial charge is 0.493 e. The molecule has 1 aliphatic heterocycles. The number of nitrogens with one attached hydrogen (secondary N) is 1. The Hall–Kier alpha value is -3.13. The number of benzene rings is 1. The van der Waals surface area contributed by atoms with Crippen LogP contribution in [0.2, 0.25) is 0 Å². The minimum atomic E-state index is -0.277. The van der Waals surface area contributed by atoms with Gasteiger partial charge in [0.25, 0.3) is 5.91 Å². The molecule has 0 saturated carbocycles. The lowest BCUT2D eigenvalue weighted by molar-refractivity contribution is 0.0945. The van der Waals surface area contributed by atoms with Gasteiger partial charge >= 0.3 is 0 Å². The standard InChI is InChI=1S/C18H22N6O2/c1-11-7-14(17(19)23-24(2)20)9-15(22-11)18(25)21-10-12-3-4-16-13(8-12)5-6-26-16/h3-4,7-9H,5-6,10,20H2,1-2H3,(H2,19,23)(H,21,25). The first-order valence-electron chi connectivity index (χ1n) is 8.27. The van der Waals surface area contributed by atoms with Crippen molar-refractivity contribution >= 4 is 11.7 Å². The van der Waals surface area contributed by atoms with Crippen LogP contribution in [0.1, 0.15) is 32.9 Å². The van der Waals surface area contributed by atoms with Crippen LogP contribution in [-0.4, -0.2) is 35.5 Å². The molecule has 8 heteroatoms. The first-order valence-corrected chi connectivity index (χ1v) is 8.27. The molecule has 0 atom stereocenters. The summed E-state index contributed by atoms with van der Waals surface area (Å²) in [5, 5.41) is 7.95. The smallest absolute Gasteiger partial charge is 0.270 e. The highest BCUT2D eigenvalue weighted by atomic mass is 16.5. The number of rotatable bonds is 5. The molecule has 2 heterocycles. The van der Waals surface area contributed by atoms with Crippen LogP contribution in [0.15, 0.2) is 35.4 Å². The van der Waals surface area contributed by atoms with Gasteiger partial charge in [-0.2, -0.15) is 0 Å². The number of fused-ring (bicyclic) bond motifs is 1. The Labute approximate surface area is 151 Å². The zero-order valence-corrected chi connectivity index (χ0v) is 14.8. The maximum atomic E-state index is 12.5. The van der Waals surface area contributed by atoms with Gasteiger partial charge in [-0.15, -0.1) is 5.10 Å². The highest BCUT2D eigenvalue weighted by Gasteiger charge is 2.14. The summed E-state index contributed by atoms with van der Waals surface area (Å²) < 4.78 is 5.49. The van der Waals surface area contributed by atoms with E-state index in [9.17, 15) is 4.79 Å². The number of hydrogen-bond acceptors (Lipinski definition) is 6. The second kappa shape index (κ2) is 7.40. The number of amidine groups is 1. The first kappa shape index (κ1) is 17.7. The lowest BCUT2D eigenvalue weighted by Gasteiger charge is -2.10. The van der Waals surface area contributed by atoms with Gasteiger partial charge in [0.1, 0.15) is 11.4 Å². The van der Waals surface area contributed by atoms with Gasteiger partial charge in [-0.05, 0) is 36.2 Å². The van der Waals surface area contributed by atoms with E-state index in [-0.39, 0.29) is 17.4 Å². The zero-order chi connectivity index (χ0) is 18.7. The van der Waals surface area contributed by atoms with Gasteiger partial charge in [0, 0.05) is 31.3 Å². The highest BCUT2D eigenvalue weighted by Crippen LogP contribution is 2.25. The fourth-order valence-corrected chi connectivity index (χ4v) is 2.78. The minimum Gasteiger partial charge on any atom is -0.493 e. The van der Waals surface area contributed by atoms with Gasteiger partial charge in [-0.25, -0.2) is 15.9 Å². The summed E-state index contributed by atoms with van der Waals surface area (Å²) in [6.07, 6.45) is 0.897. The van der Waals surface area contributed by atoms with Crippen molar-refractivity contribution in [3.05, 3.63) is 58.4 Å². The van der Waals surface area contributed by atoms with Crippen molar-refractivity contribution in [2.24, 2.45) is 16.7 Å². The van der Waals surface area contributed by atoms with Gasteiger partial charge in [0.2, 0.25) is 0 Å². The highest BCUT2D eigenvalue weighted by molar-refractivity contribution is 6.00. The fourth-order valence-electron chi connectivity index (χ4n) is 2.78. The van der Waals surface area contributed by atoms with Crippen molar-refractivity contribution < 1.29 is 9.53 Å². The van der Waals surface area contributed by atoms with E-state index in [4.69, 9.17) is 16.3 Å². The molecule has 26 heavy (non-hydrogen) atoms. The van der Waals surface area contributed by atoms with E-state index in [1.807, 2.05) is 12.1 Å². The molecule has 0 spiro atoms. The van der Waals surface area contributed by atoms with Crippen molar-refractivity contribution in [2.45, 2.75) is 19.9 Å². The lowest BCUT2D eigenvalue weighted by Crippen LogP contribution is -2.27. The summed E-state index contributed by atoms with van der Waals surface area (Å²) in [5.41, 5.74) is 9.63. The van der Waals surface area contributed by atoms with Crippen LogP contribution in [0.5, 0.6) is 5.75 Å². The molecule has 5 N–H and O–H groups in total. The number of aromatic nitrogens is 1. The van der Waals surface area contributed by atoms with Crippen molar-refractivity contribution in [1.29, 1.82) is 0 Å². The van der Waals surface area contributed by atoms with Crippen molar-refractivity contribution in [3.8, 4) is 5.75 Å². The van der Waals surface area contributed by atoms with Crippen molar-refractivity contribution in [2.75, 3.05) is 13.7 Å². The van der Waals surface area contributed by atoms with Crippen LogP contribution >= 0.6 is 0 Å². The number of amides is 1. The van der Waals surface area contributed by atoms with Crippen LogP contribution in [0, 0.1) is 6.92 Å². The Morgan fingerprint density at radius 1 is 1.38 bits per heavy atom. The molecule has 8 nitrogen and oxygen atoms in total. The number of nitrogens with zero attached hydrogens (tertiary/aromatic N) is 3. The molecule has 0 radical (unpaired) electrons. The Kier molecular flexibility index (Phi) is 5.04. The van der Waals surface area contributed by atoms with Crippen LogP contribution in [0.25, 0.3) is 0 Å². The van der Waals surface area contributed by atoms with Crippen LogP contribution in [-0.2, 0) is 13.0 Å². The van der Waals surface area contributed by atoms with E-state index in [1.54, 1.807) is 26.1 Å². The molecular weight excluding hydrogens is 332 g/mol. The second-order valence-electron chi connectivity index (χ2n) is 6.16. The van der Waals surface area contributed by atoms with Crippen molar-refractivity contribution in [1.82, 2.24) is 15.4 Å². The Morgan fingerprint density at radius 3 is 2.96 bits per heavy atom. The van der Waals surface area contributed by atoms with E-state index in [1.165, 1.54) is 5.56 Å². The molecule has 1 amide bonds. The zero-order valence-electron chi connectivity index (χ0n) is 14.8. The topological polar surface area (TPSA) is 119 Å². The maximum Gasteiger partial charge on any atom is 0.270 e. The Morgan fingerprint density at radius 2 is 2.19 bits per heavy atom. The number of hydrazine groups is 1. The van der Waals surface area contributed by atoms with E-state index in [0.717, 1.165) is 22.9 Å². The SMILES string of the molecule is Cc1cc(/C(N)=N/N(C)N)cc(C(=O)NCc2ccc3c(c2)CCO3)n1. The Balaban J connectivity index is 1.72. The maximum absolute atomic E-state index is 12.5. The quantitative estimate of drug-likeness (QED) is 0.314. The third-order valence-electron chi connectivity index (χ3n) is 3.95. The number of hydrogen-bond donors (Lipinski definition) is 3. The molecule has 2 aromatic rings. The number of nitrogens with two attached hydrogens (primary N) is 2. The number of carbonyl (C=O) groups excluding carboxylic acids is 1. The molecule has 1 aliphatic rings. The summed E-state index contributed by atoms with van der Waals surface area (Å²) in [5.74, 6) is 6.34. The third kappa shape index (κ3) is 4.09. The predicted octanol–water partition coefficient (Wildman–Crippen LogP) is 0.681. The number of ether oxygens (including phenoxy) is 1. The molecule has 0 bridgehead atoms. The molecule has 3 rings (SSSR count). The van der Waals surface area contributed by atoms with Gasteiger partial charge in [-0.3, -0.25) is 4.79 Å². The van der Waals surface area contributed by atoms with Crippen molar-refractivity contribution in [3.63, 3.8) is 0 Å². The summed E-state index contributed by atoms with van der Waals surface area (Å²) in [7, 11) is 1.57. The van der Waals surface area contributed by atoms with Gasteiger partial charge in [0.05, 0.1) is 6.61 Å². The summed E-state index contributed by atoms with van der Waals surface area (Å²) in [6.45, 7) is 2.91. The molecular formula is C18H22N6O2. The molecule has 0 unspecified atom stereocenters. The van der Waals surface area contributed by atoms with Crippen LogP contribution < -0.4 is 21.6 Å². The number of pyridine rings is 1. The lowest BCUT2D eigenvalue weighted by atomic mass is 10.1. The molecule has 0 aliphatic carbocycles. The summed E-state index contributed by atoms with van der Waals surface area (Å²) >= 11 is 0. The molecule has 1 aromatic carbocycles. The average Bonchev–Trinajstić information content (AvgIpc) is 3.06.